The third-order valence-corrected chi connectivity index (χ3v) is 4.91. The molecule has 6 nitrogen and oxygen atoms in total. The molecule has 1 amide bonds. The highest BCUT2D eigenvalue weighted by Gasteiger charge is 2.31. The van der Waals surface area contributed by atoms with Crippen LogP contribution in [0.4, 0.5) is 0 Å². The van der Waals surface area contributed by atoms with Crippen molar-refractivity contribution in [1.82, 2.24) is 19.4 Å². The second-order valence-electron chi connectivity index (χ2n) is 6.29. The summed E-state index contributed by atoms with van der Waals surface area (Å²) >= 11 is 0. The summed E-state index contributed by atoms with van der Waals surface area (Å²) in [6.07, 6.45) is 6.04. The Labute approximate surface area is 132 Å². The summed E-state index contributed by atoms with van der Waals surface area (Å²) in [4.78, 5) is 21.4. The van der Waals surface area contributed by atoms with Gasteiger partial charge in [0.1, 0.15) is 5.82 Å². The summed E-state index contributed by atoms with van der Waals surface area (Å²) in [5.74, 6) is 1.28. The molecule has 0 aliphatic carbocycles. The number of likely N-dealkylation sites (tertiary alicyclic amines) is 1. The zero-order valence-electron chi connectivity index (χ0n) is 13.6. The minimum atomic E-state index is -0.0495. The van der Waals surface area contributed by atoms with E-state index >= 15 is 0 Å². The van der Waals surface area contributed by atoms with Crippen LogP contribution in [0.5, 0.6) is 0 Å². The van der Waals surface area contributed by atoms with Crippen LogP contribution in [-0.2, 0) is 9.53 Å². The highest BCUT2D eigenvalue weighted by atomic mass is 16.5. The van der Waals surface area contributed by atoms with Gasteiger partial charge in [-0.05, 0) is 26.7 Å². The van der Waals surface area contributed by atoms with Gasteiger partial charge < -0.3 is 14.2 Å². The minimum absolute atomic E-state index is 0.0495. The van der Waals surface area contributed by atoms with E-state index in [-0.39, 0.29) is 11.9 Å². The molecule has 0 radical (unpaired) electrons. The smallest absolute Gasteiger partial charge is 0.239 e. The van der Waals surface area contributed by atoms with E-state index in [0.717, 1.165) is 58.1 Å². The number of aromatic nitrogens is 2. The lowest BCUT2D eigenvalue weighted by molar-refractivity contribution is -0.139. The molecule has 2 atom stereocenters. The molecule has 122 valence electrons. The largest absolute Gasteiger partial charge is 0.379 e. The minimum Gasteiger partial charge on any atom is -0.379 e. The standard InChI is InChI=1S/C16H26N4O2/c1-13(18-8-10-22-11-9-18)16(21)19-6-3-4-15(12-19)20-7-5-17-14(20)2/h5,7,13,15H,3-4,6,8-12H2,1-2H3/t13-,15+/m1/s1. The van der Waals surface area contributed by atoms with Crippen molar-refractivity contribution in [3.05, 3.63) is 18.2 Å². The van der Waals surface area contributed by atoms with Crippen molar-refractivity contribution in [1.29, 1.82) is 0 Å². The Hall–Kier alpha value is -1.40. The zero-order chi connectivity index (χ0) is 15.5. The van der Waals surface area contributed by atoms with E-state index < -0.39 is 0 Å². The number of amides is 1. The summed E-state index contributed by atoms with van der Waals surface area (Å²) in [6, 6.07) is 0.309. The first-order valence-electron chi connectivity index (χ1n) is 8.27. The third-order valence-electron chi connectivity index (χ3n) is 4.91. The van der Waals surface area contributed by atoms with Crippen molar-refractivity contribution in [3.8, 4) is 0 Å². The maximum atomic E-state index is 12.8. The van der Waals surface area contributed by atoms with Gasteiger partial charge in [0.25, 0.3) is 0 Å². The van der Waals surface area contributed by atoms with Gasteiger partial charge in [-0.25, -0.2) is 4.98 Å². The van der Waals surface area contributed by atoms with Crippen molar-refractivity contribution in [2.45, 2.75) is 38.8 Å². The molecule has 1 aromatic heterocycles. The first-order chi connectivity index (χ1) is 10.7. The Balaban J connectivity index is 1.63. The monoisotopic (exact) mass is 306 g/mol. The van der Waals surface area contributed by atoms with Gasteiger partial charge in [0.05, 0.1) is 25.3 Å². The van der Waals surface area contributed by atoms with Crippen LogP contribution in [-0.4, -0.2) is 70.7 Å². The number of aryl methyl sites for hydroxylation is 1. The average molecular weight is 306 g/mol. The number of hydrogen-bond acceptors (Lipinski definition) is 4. The van der Waals surface area contributed by atoms with Crippen LogP contribution in [0.2, 0.25) is 0 Å². The molecule has 0 N–H and O–H groups in total. The van der Waals surface area contributed by atoms with Crippen LogP contribution < -0.4 is 0 Å². The maximum Gasteiger partial charge on any atom is 0.239 e. The predicted octanol–water partition coefficient (Wildman–Crippen LogP) is 1.08. The number of carbonyl (C=O) groups excluding carboxylic acids is 1. The normalized spacial score (nSPS) is 25.2. The fourth-order valence-corrected chi connectivity index (χ4v) is 3.54. The van der Waals surface area contributed by atoms with E-state index in [2.05, 4.69) is 14.5 Å². The van der Waals surface area contributed by atoms with E-state index in [4.69, 9.17) is 4.74 Å². The van der Waals surface area contributed by atoms with Gasteiger partial charge in [0.2, 0.25) is 5.91 Å². The van der Waals surface area contributed by atoms with Crippen molar-refractivity contribution < 1.29 is 9.53 Å². The fraction of sp³-hybridized carbons (Fsp3) is 0.750. The van der Waals surface area contributed by atoms with E-state index in [0.29, 0.717) is 6.04 Å². The summed E-state index contributed by atoms with van der Waals surface area (Å²) in [5.41, 5.74) is 0. The Morgan fingerprint density at radius 1 is 1.36 bits per heavy atom. The molecule has 0 aromatic carbocycles. The number of hydrogen-bond donors (Lipinski definition) is 0. The SMILES string of the molecule is Cc1nccn1[C@H]1CCCN(C(=O)[C@@H](C)N2CCOCC2)C1. The molecule has 22 heavy (non-hydrogen) atoms. The van der Waals surface area contributed by atoms with E-state index in [1.165, 1.54) is 0 Å². The molecule has 3 heterocycles. The molecule has 0 saturated carbocycles. The van der Waals surface area contributed by atoms with Crippen molar-refractivity contribution in [3.63, 3.8) is 0 Å². The van der Waals surface area contributed by atoms with Gasteiger partial charge in [0.15, 0.2) is 0 Å². The topological polar surface area (TPSA) is 50.6 Å². The number of piperidine rings is 1. The summed E-state index contributed by atoms with van der Waals surface area (Å²) in [5, 5.41) is 0. The van der Waals surface area contributed by atoms with E-state index in [1.807, 2.05) is 31.1 Å². The molecule has 2 saturated heterocycles. The molecular weight excluding hydrogens is 280 g/mol. The maximum absolute atomic E-state index is 12.8. The fourth-order valence-electron chi connectivity index (χ4n) is 3.54. The number of imidazole rings is 1. The summed E-state index contributed by atoms with van der Waals surface area (Å²) < 4.78 is 7.58. The highest BCUT2D eigenvalue weighted by Crippen LogP contribution is 2.23. The molecule has 0 spiro atoms. The molecule has 2 aliphatic heterocycles. The molecule has 3 rings (SSSR count). The Morgan fingerprint density at radius 3 is 2.82 bits per heavy atom. The van der Waals surface area contributed by atoms with Crippen LogP contribution in [0.25, 0.3) is 0 Å². The number of ether oxygens (including phenoxy) is 1. The second kappa shape index (κ2) is 6.79. The van der Waals surface area contributed by atoms with Crippen LogP contribution in [0.3, 0.4) is 0 Å². The molecular formula is C16H26N4O2. The molecule has 2 aliphatic rings. The zero-order valence-corrected chi connectivity index (χ0v) is 13.6. The third kappa shape index (κ3) is 3.17. The first-order valence-corrected chi connectivity index (χ1v) is 8.27. The number of rotatable bonds is 3. The lowest BCUT2D eigenvalue weighted by Crippen LogP contribution is -2.53. The van der Waals surface area contributed by atoms with Crippen molar-refractivity contribution in [2.24, 2.45) is 0 Å². The first kappa shape index (κ1) is 15.5. The second-order valence-corrected chi connectivity index (χ2v) is 6.29. The van der Waals surface area contributed by atoms with Gasteiger partial charge in [-0.3, -0.25) is 9.69 Å². The molecule has 0 bridgehead atoms. The lowest BCUT2D eigenvalue weighted by atomic mass is 10.0. The number of morpholine rings is 1. The average Bonchev–Trinajstić information content (AvgIpc) is 3.00. The Morgan fingerprint density at radius 2 is 2.14 bits per heavy atom. The van der Waals surface area contributed by atoms with E-state index in [9.17, 15) is 4.79 Å². The van der Waals surface area contributed by atoms with Crippen molar-refractivity contribution >= 4 is 5.91 Å². The molecule has 1 aromatic rings. The predicted molar refractivity (Wildman–Crippen MR) is 83.7 cm³/mol. The quantitative estimate of drug-likeness (QED) is 0.838. The van der Waals surface area contributed by atoms with Crippen LogP contribution in [0.1, 0.15) is 31.6 Å². The highest BCUT2D eigenvalue weighted by molar-refractivity contribution is 5.81. The van der Waals surface area contributed by atoms with Crippen molar-refractivity contribution in [2.75, 3.05) is 39.4 Å². The van der Waals surface area contributed by atoms with Crippen LogP contribution in [0.15, 0.2) is 12.4 Å². The van der Waals surface area contributed by atoms with Gasteiger partial charge in [-0.15, -0.1) is 0 Å². The number of nitrogens with zero attached hydrogens (tertiary/aromatic N) is 4. The summed E-state index contributed by atoms with van der Waals surface area (Å²) in [6.45, 7) is 8.89. The van der Waals surface area contributed by atoms with Gasteiger partial charge >= 0.3 is 0 Å². The van der Waals surface area contributed by atoms with Gasteiger partial charge in [0, 0.05) is 38.6 Å². The van der Waals surface area contributed by atoms with E-state index in [1.54, 1.807) is 0 Å². The van der Waals surface area contributed by atoms with Gasteiger partial charge in [-0.2, -0.15) is 0 Å². The van der Waals surface area contributed by atoms with Crippen LogP contribution in [0, 0.1) is 6.92 Å². The Kier molecular flexibility index (Phi) is 4.78. The summed E-state index contributed by atoms with van der Waals surface area (Å²) in [7, 11) is 0. The lowest BCUT2D eigenvalue weighted by Gasteiger charge is -2.38. The van der Waals surface area contributed by atoms with Gasteiger partial charge in [-0.1, -0.05) is 0 Å². The molecule has 2 fully saturated rings. The Bertz CT molecular complexity index is 510. The molecule has 6 heteroatoms. The number of carbonyl (C=O) groups is 1. The van der Waals surface area contributed by atoms with Crippen LogP contribution >= 0.6 is 0 Å². The molecule has 0 unspecified atom stereocenters.